The lowest BCUT2D eigenvalue weighted by Crippen LogP contribution is -2.46. The van der Waals surface area contributed by atoms with Crippen molar-refractivity contribution in [3.05, 3.63) is 50.7 Å². The van der Waals surface area contributed by atoms with Gasteiger partial charge in [-0.1, -0.05) is 38.5 Å². The molecule has 0 bridgehead atoms. The first kappa shape index (κ1) is 32.0. The van der Waals surface area contributed by atoms with Crippen LogP contribution in [0, 0.1) is 18.8 Å². The number of nitrogens with one attached hydrogen (secondary N) is 2. The number of hydrazine groups is 1. The first-order valence-electron chi connectivity index (χ1n) is 16.2. The van der Waals surface area contributed by atoms with E-state index in [-0.39, 0.29) is 35.3 Å². The van der Waals surface area contributed by atoms with E-state index < -0.39 is 33.5 Å². The molecule has 0 radical (unpaired) electrons. The van der Waals surface area contributed by atoms with Crippen LogP contribution >= 0.6 is 0 Å². The number of sulfonamides is 1. The highest BCUT2D eigenvalue weighted by molar-refractivity contribution is 7.89. The van der Waals surface area contributed by atoms with Crippen LogP contribution in [0.4, 0.5) is 4.39 Å². The van der Waals surface area contributed by atoms with Crippen LogP contribution in [0.1, 0.15) is 75.9 Å². The highest BCUT2D eigenvalue weighted by atomic mass is 32.2. The van der Waals surface area contributed by atoms with Crippen molar-refractivity contribution in [1.82, 2.24) is 39.1 Å². The van der Waals surface area contributed by atoms with E-state index in [1.807, 2.05) is 7.05 Å². The summed E-state index contributed by atoms with van der Waals surface area (Å²) in [4.78, 5) is 32.7. The summed E-state index contributed by atoms with van der Waals surface area (Å²) in [6.07, 6.45) is 10.4. The van der Waals surface area contributed by atoms with E-state index in [1.54, 1.807) is 18.7 Å². The first-order chi connectivity index (χ1) is 21.5. The zero-order valence-electron chi connectivity index (χ0n) is 26.5. The Kier molecular flexibility index (Phi) is 9.03. The number of hydrogen-bond donors (Lipinski definition) is 2. The summed E-state index contributed by atoms with van der Waals surface area (Å²) in [6, 6.07) is 4.33. The monoisotopic (exact) mass is 644 g/mol. The van der Waals surface area contributed by atoms with Crippen molar-refractivity contribution in [3.63, 3.8) is 0 Å². The maximum atomic E-state index is 14.2. The lowest BCUT2D eigenvalue weighted by molar-refractivity contribution is 0.132. The summed E-state index contributed by atoms with van der Waals surface area (Å²) >= 11 is 0. The zero-order chi connectivity index (χ0) is 31.9. The number of hydrogen-bond acceptors (Lipinski definition) is 8. The molecular weight excluding hydrogens is 599 g/mol. The van der Waals surface area contributed by atoms with Gasteiger partial charge in [-0.2, -0.15) is 5.10 Å². The van der Waals surface area contributed by atoms with Crippen molar-refractivity contribution in [2.45, 2.75) is 101 Å². The van der Waals surface area contributed by atoms with Crippen LogP contribution in [0.3, 0.4) is 0 Å². The van der Waals surface area contributed by atoms with Crippen molar-refractivity contribution in [3.8, 4) is 0 Å². The Balaban J connectivity index is 1.43. The van der Waals surface area contributed by atoms with Gasteiger partial charge in [0.2, 0.25) is 10.0 Å². The smallest absolute Gasteiger partial charge is 0.286 e. The molecule has 3 fully saturated rings. The number of rotatable bonds is 9. The molecule has 1 aliphatic heterocycles. The van der Waals surface area contributed by atoms with E-state index in [9.17, 15) is 22.4 Å². The molecule has 0 spiro atoms. The molecule has 6 rings (SSSR count). The molecule has 12 nitrogen and oxygen atoms in total. The Morgan fingerprint density at radius 2 is 1.73 bits per heavy atom. The number of halogens is 1. The first-order valence-corrected chi connectivity index (χ1v) is 17.7. The summed E-state index contributed by atoms with van der Waals surface area (Å²) in [5, 5.41) is 6.59. The van der Waals surface area contributed by atoms with Gasteiger partial charge in [-0.05, 0) is 56.7 Å². The second kappa shape index (κ2) is 12.7. The highest BCUT2D eigenvalue weighted by Gasteiger charge is 2.46. The molecule has 2 aromatic heterocycles. The molecule has 246 valence electrons. The molecule has 1 saturated heterocycles. The predicted molar refractivity (Wildman–Crippen MR) is 169 cm³/mol. The van der Waals surface area contributed by atoms with Crippen LogP contribution in [0.5, 0.6) is 0 Å². The summed E-state index contributed by atoms with van der Waals surface area (Å²) < 4.78 is 47.0. The number of benzene rings is 1. The molecule has 2 atom stereocenters. The minimum absolute atomic E-state index is 0.00184. The van der Waals surface area contributed by atoms with Crippen molar-refractivity contribution in [1.29, 1.82) is 0 Å². The third-order valence-electron chi connectivity index (χ3n) is 10.1. The molecule has 0 amide bonds. The number of fused-ring (bicyclic) bond motifs is 1. The SMILES string of the molecule is Cc1nc(Cn2c(=O)n(CC3CNN(C)C3C3CCCCCCCC3)c(=O)c3cc(S(=O)(=O)NC4(CF)CC4)ccc32)n(C)n1. The van der Waals surface area contributed by atoms with E-state index in [0.717, 1.165) is 12.8 Å². The standard InChI is InChI=1S/C31H45FN8O4S/c1-21-34-27(37(2)35-21)19-39-26-13-12-24(45(43,44)36-31(20-32)14-15-31)16-25(26)29(41)40(30(39)42)18-23-17-33-38(3)28(23)22-10-8-6-4-5-7-9-11-22/h12-13,16,22-23,28,33,36H,4-11,14-15,17-20H2,1-3H3. The van der Waals surface area contributed by atoms with Gasteiger partial charge in [0.1, 0.15) is 18.3 Å². The molecule has 45 heavy (non-hydrogen) atoms. The van der Waals surface area contributed by atoms with Gasteiger partial charge in [0.15, 0.2) is 0 Å². The Morgan fingerprint density at radius 3 is 2.36 bits per heavy atom. The van der Waals surface area contributed by atoms with E-state index in [4.69, 9.17) is 0 Å². The van der Waals surface area contributed by atoms with E-state index in [0.29, 0.717) is 42.5 Å². The third kappa shape index (κ3) is 6.51. The average Bonchev–Trinajstić information content (AvgIpc) is 3.51. The van der Waals surface area contributed by atoms with E-state index in [1.165, 1.54) is 65.9 Å². The number of aromatic nitrogens is 5. The largest absolute Gasteiger partial charge is 0.331 e. The van der Waals surface area contributed by atoms with E-state index in [2.05, 4.69) is 25.2 Å². The summed E-state index contributed by atoms with van der Waals surface area (Å²) in [5.41, 5.74) is 1.68. The van der Waals surface area contributed by atoms with Gasteiger partial charge in [-0.15, -0.1) is 0 Å². The minimum atomic E-state index is -4.10. The molecule has 1 aromatic carbocycles. The van der Waals surface area contributed by atoms with Gasteiger partial charge >= 0.3 is 5.69 Å². The molecule has 2 unspecified atom stereocenters. The van der Waals surface area contributed by atoms with E-state index >= 15 is 0 Å². The van der Waals surface area contributed by atoms with Crippen LogP contribution < -0.4 is 21.4 Å². The third-order valence-corrected chi connectivity index (χ3v) is 11.6. The second-order valence-corrected chi connectivity index (χ2v) is 15.0. The van der Waals surface area contributed by atoms with Crippen LogP contribution in [-0.4, -0.2) is 69.2 Å². The molecule has 2 aliphatic carbocycles. The Bertz CT molecular complexity index is 1770. The lowest BCUT2D eigenvalue weighted by atomic mass is 9.83. The maximum Gasteiger partial charge on any atom is 0.331 e. The van der Waals surface area contributed by atoms with Crippen LogP contribution in [0.25, 0.3) is 10.9 Å². The van der Waals surface area contributed by atoms with Crippen molar-refractivity contribution in [2.24, 2.45) is 18.9 Å². The molecule has 3 heterocycles. The molecule has 3 aromatic rings. The number of aryl methyl sites for hydroxylation is 2. The van der Waals surface area contributed by atoms with Crippen molar-refractivity contribution >= 4 is 20.9 Å². The van der Waals surface area contributed by atoms with Gasteiger partial charge < -0.3 is 0 Å². The second-order valence-electron chi connectivity index (χ2n) is 13.4. The van der Waals surface area contributed by atoms with Gasteiger partial charge in [0.05, 0.1) is 27.9 Å². The molecule has 14 heteroatoms. The molecule has 2 N–H and O–H groups in total. The van der Waals surface area contributed by atoms with Crippen LogP contribution in [0.15, 0.2) is 32.7 Å². The minimum Gasteiger partial charge on any atom is -0.286 e. The molecule has 3 aliphatic rings. The lowest BCUT2D eigenvalue weighted by Gasteiger charge is -2.32. The Hall–Kier alpha value is -2.94. The number of alkyl halides is 1. The summed E-state index contributed by atoms with van der Waals surface area (Å²) in [7, 11) is -0.315. The molecular formula is C31H45FN8O4S. The van der Waals surface area contributed by atoms with Gasteiger partial charge in [-0.3, -0.25) is 24.0 Å². The van der Waals surface area contributed by atoms with Crippen molar-refractivity contribution in [2.75, 3.05) is 20.3 Å². The van der Waals surface area contributed by atoms with Gasteiger partial charge in [0.25, 0.3) is 5.56 Å². The highest BCUT2D eigenvalue weighted by Crippen LogP contribution is 2.37. The predicted octanol–water partition coefficient (Wildman–Crippen LogP) is 2.61. The molecule has 2 saturated carbocycles. The average molecular weight is 645 g/mol. The van der Waals surface area contributed by atoms with Crippen LogP contribution in [0.2, 0.25) is 0 Å². The zero-order valence-corrected chi connectivity index (χ0v) is 27.3. The fourth-order valence-electron chi connectivity index (χ4n) is 7.39. The quantitative estimate of drug-likeness (QED) is 0.363. The maximum absolute atomic E-state index is 14.2. The fraction of sp³-hybridized carbons (Fsp3) is 0.677. The fourth-order valence-corrected chi connectivity index (χ4v) is 8.86. The summed E-state index contributed by atoms with van der Waals surface area (Å²) in [6.45, 7) is 1.85. The normalized spacial score (nSPS) is 23.2. The topological polar surface area (TPSA) is 136 Å². The van der Waals surface area contributed by atoms with Crippen LogP contribution in [-0.2, 0) is 30.2 Å². The summed E-state index contributed by atoms with van der Waals surface area (Å²) in [5.74, 6) is 1.53. The Labute approximate surface area is 263 Å². The Morgan fingerprint density at radius 1 is 1.04 bits per heavy atom. The van der Waals surface area contributed by atoms with Gasteiger partial charge in [0, 0.05) is 39.1 Å². The number of nitrogens with zero attached hydrogens (tertiary/aromatic N) is 6. The van der Waals surface area contributed by atoms with Gasteiger partial charge in [-0.25, -0.2) is 32.3 Å². The van der Waals surface area contributed by atoms with Crippen molar-refractivity contribution < 1.29 is 12.8 Å².